The van der Waals surface area contributed by atoms with E-state index in [-0.39, 0.29) is 18.4 Å². The van der Waals surface area contributed by atoms with E-state index in [9.17, 15) is 9.59 Å². The molecule has 2 aromatic carbocycles. The number of ether oxygens (including phenoxy) is 1. The van der Waals surface area contributed by atoms with Gasteiger partial charge in [-0.2, -0.15) is 0 Å². The van der Waals surface area contributed by atoms with Crippen LogP contribution in [0.4, 0.5) is 5.69 Å². The van der Waals surface area contributed by atoms with E-state index in [4.69, 9.17) is 16.3 Å². The molecule has 0 bridgehead atoms. The van der Waals surface area contributed by atoms with E-state index >= 15 is 0 Å². The summed E-state index contributed by atoms with van der Waals surface area (Å²) in [5, 5.41) is 3.04. The number of carbonyl (C=O) groups excluding carboxylic acids is 2. The molecule has 0 aromatic heterocycles. The lowest BCUT2D eigenvalue weighted by Gasteiger charge is -2.19. The van der Waals surface area contributed by atoms with Crippen LogP contribution < -0.4 is 10.1 Å². The molecule has 0 aliphatic heterocycles. The third-order valence-corrected chi connectivity index (χ3v) is 4.54. The summed E-state index contributed by atoms with van der Waals surface area (Å²) in [6, 6.07) is 10.7. The summed E-state index contributed by atoms with van der Waals surface area (Å²) in [5.41, 5.74) is 3.05. The van der Waals surface area contributed by atoms with Gasteiger partial charge in [-0.3, -0.25) is 9.59 Å². The predicted octanol–water partition coefficient (Wildman–Crippen LogP) is 4.46. The Morgan fingerprint density at radius 3 is 2.37 bits per heavy atom. The van der Waals surface area contributed by atoms with Crippen LogP contribution in [0.3, 0.4) is 0 Å². The number of nitrogens with zero attached hydrogens (tertiary/aromatic N) is 1. The third kappa shape index (κ3) is 5.47. The van der Waals surface area contributed by atoms with E-state index in [1.54, 1.807) is 23.1 Å². The van der Waals surface area contributed by atoms with Crippen molar-refractivity contribution in [1.29, 1.82) is 0 Å². The summed E-state index contributed by atoms with van der Waals surface area (Å²) >= 11 is 6.24. The molecule has 0 radical (unpaired) electrons. The maximum Gasteiger partial charge on any atom is 0.262 e. The van der Waals surface area contributed by atoms with Gasteiger partial charge in [-0.15, -0.1) is 0 Å². The summed E-state index contributed by atoms with van der Waals surface area (Å²) < 4.78 is 5.57. The molecule has 0 atom stereocenters. The Labute approximate surface area is 165 Å². The molecular formula is C21H25ClN2O3. The average Bonchev–Trinajstić information content (AvgIpc) is 2.62. The number of amides is 2. The van der Waals surface area contributed by atoms with Gasteiger partial charge in [-0.25, -0.2) is 0 Å². The van der Waals surface area contributed by atoms with Gasteiger partial charge in [-0.1, -0.05) is 29.3 Å². The number of aryl methyl sites for hydroxylation is 2. The maximum absolute atomic E-state index is 12.4. The number of halogens is 1. The van der Waals surface area contributed by atoms with Gasteiger partial charge in [0.25, 0.3) is 11.8 Å². The lowest BCUT2D eigenvalue weighted by atomic mass is 10.1. The number of benzene rings is 2. The minimum Gasteiger partial charge on any atom is -0.483 e. The van der Waals surface area contributed by atoms with Crippen LogP contribution in [0, 0.1) is 13.8 Å². The Hall–Kier alpha value is -2.53. The zero-order chi connectivity index (χ0) is 20.0. The largest absolute Gasteiger partial charge is 0.483 e. The second-order valence-corrected chi connectivity index (χ2v) is 6.69. The summed E-state index contributed by atoms with van der Waals surface area (Å²) in [6.45, 7) is 8.88. The van der Waals surface area contributed by atoms with Crippen LogP contribution in [0.5, 0.6) is 5.75 Å². The molecule has 144 valence electrons. The maximum atomic E-state index is 12.4. The highest BCUT2D eigenvalue weighted by Gasteiger charge is 2.16. The predicted molar refractivity (Wildman–Crippen MR) is 109 cm³/mol. The molecule has 0 fully saturated rings. The molecule has 0 saturated carbocycles. The summed E-state index contributed by atoms with van der Waals surface area (Å²) in [7, 11) is 0. The lowest BCUT2D eigenvalue weighted by molar-refractivity contribution is -0.118. The second kappa shape index (κ2) is 9.42. The van der Waals surface area contributed by atoms with Crippen LogP contribution in [0.25, 0.3) is 0 Å². The lowest BCUT2D eigenvalue weighted by Crippen LogP contribution is -2.30. The molecule has 27 heavy (non-hydrogen) atoms. The first-order chi connectivity index (χ1) is 12.8. The summed E-state index contributed by atoms with van der Waals surface area (Å²) in [5.74, 6) is 0.254. The molecule has 2 aromatic rings. The Morgan fingerprint density at radius 2 is 1.78 bits per heavy atom. The fourth-order valence-corrected chi connectivity index (χ4v) is 3.01. The quantitative estimate of drug-likeness (QED) is 0.761. The topological polar surface area (TPSA) is 58.6 Å². The van der Waals surface area contributed by atoms with Gasteiger partial charge in [-0.05, 0) is 57.5 Å². The zero-order valence-electron chi connectivity index (χ0n) is 16.1. The van der Waals surface area contributed by atoms with E-state index < -0.39 is 0 Å². The van der Waals surface area contributed by atoms with Crippen molar-refractivity contribution in [3.8, 4) is 5.75 Å². The highest BCUT2D eigenvalue weighted by molar-refractivity contribution is 6.34. The van der Waals surface area contributed by atoms with Crippen molar-refractivity contribution in [1.82, 2.24) is 4.90 Å². The normalized spacial score (nSPS) is 10.4. The van der Waals surface area contributed by atoms with Crippen LogP contribution in [0.2, 0.25) is 5.02 Å². The molecule has 0 aliphatic carbocycles. The number of hydrogen-bond donors (Lipinski definition) is 1. The minimum atomic E-state index is -0.297. The molecule has 0 aliphatic rings. The fourth-order valence-electron chi connectivity index (χ4n) is 2.75. The van der Waals surface area contributed by atoms with Crippen LogP contribution in [0.1, 0.15) is 35.3 Å². The van der Waals surface area contributed by atoms with Crippen LogP contribution in [-0.4, -0.2) is 36.4 Å². The van der Waals surface area contributed by atoms with Crippen molar-refractivity contribution in [2.75, 3.05) is 25.0 Å². The van der Waals surface area contributed by atoms with Gasteiger partial charge >= 0.3 is 0 Å². The van der Waals surface area contributed by atoms with Crippen molar-refractivity contribution in [3.63, 3.8) is 0 Å². The number of carbonyl (C=O) groups is 2. The van der Waals surface area contributed by atoms with Crippen LogP contribution in [0.15, 0.2) is 36.4 Å². The van der Waals surface area contributed by atoms with Crippen molar-refractivity contribution >= 4 is 29.1 Å². The molecule has 0 saturated heterocycles. The average molecular weight is 389 g/mol. The van der Waals surface area contributed by atoms with E-state index in [1.807, 2.05) is 45.9 Å². The van der Waals surface area contributed by atoms with Crippen molar-refractivity contribution in [3.05, 3.63) is 58.1 Å². The zero-order valence-corrected chi connectivity index (χ0v) is 16.9. The van der Waals surface area contributed by atoms with E-state index in [0.29, 0.717) is 35.1 Å². The smallest absolute Gasteiger partial charge is 0.262 e. The highest BCUT2D eigenvalue weighted by atomic mass is 35.5. The Bertz CT molecular complexity index is 832. The molecule has 0 heterocycles. The molecule has 6 heteroatoms. The number of anilines is 1. The fraction of sp³-hybridized carbons (Fsp3) is 0.333. The van der Waals surface area contributed by atoms with Gasteiger partial charge in [0.1, 0.15) is 5.75 Å². The Kier molecular flexibility index (Phi) is 7.25. The molecule has 1 N–H and O–H groups in total. The van der Waals surface area contributed by atoms with E-state index in [2.05, 4.69) is 5.32 Å². The molecule has 0 spiro atoms. The molecule has 0 unspecified atom stereocenters. The molecule has 2 rings (SSSR count). The van der Waals surface area contributed by atoms with E-state index in [1.165, 1.54) is 0 Å². The van der Waals surface area contributed by atoms with Crippen LogP contribution in [-0.2, 0) is 4.79 Å². The monoisotopic (exact) mass is 388 g/mol. The first-order valence-electron chi connectivity index (χ1n) is 8.94. The van der Waals surface area contributed by atoms with Gasteiger partial charge in [0.15, 0.2) is 6.61 Å². The summed E-state index contributed by atoms with van der Waals surface area (Å²) in [6.07, 6.45) is 0. The van der Waals surface area contributed by atoms with Gasteiger partial charge in [0.2, 0.25) is 0 Å². The standard InChI is InChI=1S/C21H25ClN2O3/c1-5-24(6-2)21(26)17-9-8-16(12-18(17)22)23-20(25)13-27-19-10-7-14(3)11-15(19)4/h7-12H,5-6,13H2,1-4H3,(H,23,25). The van der Waals surface area contributed by atoms with Gasteiger partial charge < -0.3 is 15.0 Å². The van der Waals surface area contributed by atoms with Crippen molar-refractivity contribution in [2.45, 2.75) is 27.7 Å². The van der Waals surface area contributed by atoms with Crippen molar-refractivity contribution < 1.29 is 14.3 Å². The van der Waals surface area contributed by atoms with Gasteiger partial charge in [0, 0.05) is 18.8 Å². The highest BCUT2D eigenvalue weighted by Crippen LogP contribution is 2.23. The van der Waals surface area contributed by atoms with E-state index in [0.717, 1.165) is 11.1 Å². The number of hydrogen-bond acceptors (Lipinski definition) is 3. The first kappa shape index (κ1) is 20.8. The van der Waals surface area contributed by atoms with Gasteiger partial charge in [0.05, 0.1) is 10.6 Å². The minimum absolute atomic E-state index is 0.109. The molecular weight excluding hydrogens is 364 g/mol. The summed E-state index contributed by atoms with van der Waals surface area (Å²) in [4.78, 5) is 26.2. The van der Waals surface area contributed by atoms with Crippen molar-refractivity contribution in [2.24, 2.45) is 0 Å². The Morgan fingerprint density at radius 1 is 1.07 bits per heavy atom. The second-order valence-electron chi connectivity index (χ2n) is 6.28. The number of nitrogens with one attached hydrogen (secondary N) is 1. The van der Waals surface area contributed by atoms with Crippen LogP contribution >= 0.6 is 11.6 Å². The molecule has 2 amide bonds. The SMILES string of the molecule is CCN(CC)C(=O)c1ccc(NC(=O)COc2ccc(C)cc2C)cc1Cl. The molecule has 5 nitrogen and oxygen atoms in total. The third-order valence-electron chi connectivity index (χ3n) is 4.22. The number of rotatable bonds is 7. The Balaban J connectivity index is 1.99. The first-order valence-corrected chi connectivity index (χ1v) is 9.32.